The van der Waals surface area contributed by atoms with E-state index in [1.165, 1.54) is 18.2 Å². The van der Waals surface area contributed by atoms with E-state index in [1.54, 1.807) is 17.7 Å². The SMILES string of the molecule is Cn1c(SCC(=O)NC(=O)c2cccc([N+](=O)[O-])c2)nnc1[C@@H]1COc2ccccc2O1. The number of fused-ring (bicyclic) bond motifs is 1. The molecule has 0 radical (unpaired) electrons. The van der Waals surface area contributed by atoms with Gasteiger partial charge in [0.15, 0.2) is 28.6 Å². The number of nitro benzene ring substituents is 1. The molecule has 1 atom stereocenters. The highest BCUT2D eigenvalue weighted by molar-refractivity contribution is 7.99. The molecule has 0 saturated carbocycles. The number of rotatable bonds is 6. The zero-order chi connectivity index (χ0) is 22.7. The molecular weight excluding hydrogens is 438 g/mol. The van der Waals surface area contributed by atoms with Crippen LogP contribution in [0.2, 0.25) is 0 Å². The number of imide groups is 1. The van der Waals surface area contributed by atoms with E-state index in [4.69, 9.17) is 9.47 Å². The number of carbonyl (C=O) groups is 2. The maximum atomic E-state index is 12.2. The first-order valence-electron chi connectivity index (χ1n) is 9.41. The predicted octanol–water partition coefficient (Wildman–Crippen LogP) is 2.28. The third-order valence-electron chi connectivity index (χ3n) is 4.57. The normalized spacial score (nSPS) is 14.6. The smallest absolute Gasteiger partial charge is 0.270 e. The second kappa shape index (κ2) is 9.06. The number of thioether (sulfide) groups is 1. The molecule has 0 bridgehead atoms. The van der Waals surface area contributed by atoms with E-state index in [9.17, 15) is 19.7 Å². The van der Waals surface area contributed by atoms with E-state index in [-0.39, 0.29) is 23.6 Å². The van der Waals surface area contributed by atoms with Crippen molar-refractivity contribution in [3.63, 3.8) is 0 Å². The molecule has 32 heavy (non-hydrogen) atoms. The van der Waals surface area contributed by atoms with Gasteiger partial charge >= 0.3 is 0 Å². The zero-order valence-electron chi connectivity index (χ0n) is 16.8. The summed E-state index contributed by atoms with van der Waals surface area (Å²) in [5, 5.41) is 21.7. The van der Waals surface area contributed by atoms with Crippen LogP contribution in [0, 0.1) is 10.1 Å². The highest BCUT2D eigenvalue weighted by Gasteiger charge is 2.27. The maximum absolute atomic E-state index is 12.2. The number of nitrogens with one attached hydrogen (secondary N) is 1. The van der Waals surface area contributed by atoms with Crippen LogP contribution in [0.5, 0.6) is 11.5 Å². The molecule has 0 saturated heterocycles. The molecule has 0 aliphatic carbocycles. The fourth-order valence-corrected chi connectivity index (χ4v) is 3.72. The minimum Gasteiger partial charge on any atom is -0.485 e. The number of benzene rings is 2. The largest absolute Gasteiger partial charge is 0.485 e. The van der Waals surface area contributed by atoms with Crippen molar-refractivity contribution >= 4 is 29.3 Å². The minimum absolute atomic E-state index is 0.0215. The van der Waals surface area contributed by atoms with Gasteiger partial charge in [0.2, 0.25) is 5.91 Å². The van der Waals surface area contributed by atoms with Crippen LogP contribution >= 0.6 is 11.8 Å². The van der Waals surface area contributed by atoms with Crippen molar-refractivity contribution in [1.82, 2.24) is 20.1 Å². The number of hydrogen-bond acceptors (Lipinski definition) is 9. The zero-order valence-corrected chi connectivity index (χ0v) is 17.6. The topological polar surface area (TPSA) is 138 Å². The lowest BCUT2D eigenvalue weighted by Gasteiger charge is -2.25. The first-order chi connectivity index (χ1) is 15.4. The molecule has 12 heteroatoms. The van der Waals surface area contributed by atoms with Gasteiger partial charge < -0.3 is 14.0 Å². The molecule has 2 amide bonds. The Hall–Kier alpha value is -3.93. The Morgan fingerprint density at radius 3 is 2.78 bits per heavy atom. The summed E-state index contributed by atoms with van der Waals surface area (Å²) in [5.74, 6) is 0.421. The van der Waals surface area contributed by atoms with Gasteiger partial charge in [-0.15, -0.1) is 10.2 Å². The quantitative estimate of drug-likeness (QED) is 0.337. The van der Waals surface area contributed by atoms with Crippen molar-refractivity contribution in [2.75, 3.05) is 12.4 Å². The molecular formula is C20H17N5O6S. The van der Waals surface area contributed by atoms with Gasteiger partial charge in [0.25, 0.3) is 11.6 Å². The standard InChI is InChI=1S/C20H17N5O6S/c1-24-18(16-10-30-14-7-2-3-8-15(14)31-16)22-23-20(24)32-11-17(26)21-19(27)12-5-4-6-13(9-12)25(28)29/h2-9,16H,10-11H2,1H3,(H,21,26,27)/t16-/m0/s1. The van der Waals surface area contributed by atoms with Gasteiger partial charge in [-0.2, -0.15) is 0 Å². The summed E-state index contributed by atoms with van der Waals surface area (Å²) in [4.78, 5) is 34.6. The highest BCUT2D eigenvalue weighted by atomic mass is 32.2. The Bertz CT molecular complexity index is 1200. The highest BCUT2D eigenvalue weighted by Crippen LogP contribution is 2.35. The van der Waals surface area contributed by atoms with Gasteiger partial charge in [-0.3, -0.25) is 25.0 Å². The Balaban J connectivity index is 1.35. The Labute approximate surface area is 185 Å². The average molecular weight is 455 g/mol. The van der Waals surface area contributed by atoms with E-state index in [0.717, 1.165) is 17.8 Å². The van der Waals surface area contributed by atoms with Gasteiger partial charge in [-0.1, -0.05) is 30.0 Å². The van der Waals surface area contributed by atoms with E-state index < -0.39 is 22.8 Å². The Morgan fingerprint density at radius 1 is 1.22 bits per heavy atom. The Morgan fingerprint density at radius 2 is 2.00 bits per heavy atom. The molecule has 4 rings (SSSR count). The summed E-state index contributed by atoms with van der Waals surface area (Å²) in [6, 6.07) is 12.5. The van der Waals surface area contributed by atoms with Gasteiger partial charge in [0.1, 0.15) is 6.61 Å². The summed E-state index contributed by atoms with van der Waals surface area (Å²) in [5.41, 5.74) is -0.212. The van der Waals surface area contributed by atoms with E-state index >= 15 is 0 Å². The van der Waals surface area contributed by atoms with Crippen LogP contribution in [0.25, 0.3) is 0 Å². The number of nitro groups is 1. The van der Waals surface area contributed by atoms with E-state index in [1.807, 2.05) is 18.2 Å². The lowest BCUT2D eigenvalue weighted by molar-refractivity contribution is -0.384. The summed E-state index contributed by atoms with van der Waals surface area (Å²) in [6.07, 6.45) is -0.457. The predicted molar refractivity (Wildman–Crippen MR) is 113 cm³/mol. The van der Waals surface area contributed by atoms with Crippen LogP contribution in [-0.2, 0) is 11.8 Å². The molecule has 1 aliphatic rings. The van der Waals surface area contributed by atoms with Crippen molar-refractivity contribution in [3.8, 4) is 11.5 Å². The number of non-ortho nitro benzene ring substituents is 1. The Kier molecular flexibility index (Phi) is 6.03. The molecule has 2 aromatic carbocycles. The van der Waals surface area contributed by atoms with Crippen molar-refractivity contribution in [3.05, 3.63) is 70.0 Å². The summed E-state index contributed by atoms with van der Waals surface area (Å²) < 4.78 is 13.3. The molecule has 0 spiro atoms. The van der Waals surface area contributed by atoms with Crippen molar-refractivity contribution < 1.29 is 24.0 Å². The number of amides is 2. The van der Waals surface area contributed by atoms with Gasteiger partial charge in [0.05, 0.1) is 10.7 Å². The van der Waals surface area contributed by atoms with Gasteiger partial charge in [-0.25, -0.2) is 0 Å². The molecule has 0 fully saturated rings. The number of para-hydroxylation sites is 2. The van der Waals surface area contributed by atoms with Crippen molar-refractivity contribution in [1.29, 1.82) is 0 Å². The van der Waals surface area contributed by atoms with E-state index in [0.29, 0.717) is 22.5 Å². The number of aromatic nitrogens is 3. The van der Waals surface area contributed by atoms with Crippen molar-refractivity contribution in [2.45, 2.75) is 11.3 Å². The van der Waals surface area contributed by atoms with Crippen molar-refractivity contribution in [2.24, 2.45) is 7.05 Å². The van der Waals surface area contributed by atoms with Crippen LogP contribution in [0.3, 0.4) is 0 Å². The first kappa shape index (κ1) is 21.3. The summed E-state index contributed by atoms with van der Waals surface area (Å²) >= 11 is 1.09. The van der Waals surface area contributed by atoms with Crippen LogP contribution in [0.15, 0.2) is 53.7 Å². The van der Waals surface area contributed by atoms with Crippen LogP contribution in [0.4, 0.5) is 5.69 Å². The lowest BCUT2D eigenvalue weighted by Crippen LogP contribution is -2.32. The molecule has 164 valence electrons. The number of ether oxygens (including phenoxy) is 2. The fraction of sp³-hybridized carbons (Fsp3) is 0.200. The molecule has 1 aliphatic heterocycles. The molecule has 2 heterocycles. The molecule has 1 N–H and O–H groups in total. The van der Waals surface area contributed by atoms with Crippen LogP contribution < -0.4 is 14.8 Å². The first-order valence-corrected chi connectivity index (χ1v) is 10.4. The van der Waals surface area contributed by atoms with Gasteiger partial charge in [0, 0.05) is 24.7 Å². The second-order valence-electron chi connectivity index (χ2n) is 6.74. The lowest BCUT2D eigenvalue weighted by atomic mass is 10.2. The number of hydrogen-bond donors (Lipinski definition) is 1. The van der Waals surface area contributed by atoms with Crippen LogP contribution in [0.1, 0.15) is 22.3 Å². The molecule has 11 nitrogen and oxygen atoms in total. The molecule has 1 aromatic heterocycles. The third-order valence-corrected chi connectivity index (χ3v) is 5.59. The third kappa shape index (κ3) is 4.54. The second-order valence-corrected chi connectivity index (χ2v) is 7.68. The number of carbonyl (C=O) groups excluding carboxylic acids is 2. The molecule has 3 aromatic rings. The molecule has 0 unspecified atom stereocenters. The summed E-state index contributed by atoms with van der Waals surface area (Å²) in [7, 11) is 1.74. The number of nitrogens with zero attached hydrogens (tertiary/aromatic N) is 4. The van der Waals surface area contributed by atoms with Gasteiger partial charge in [-0.05, 0) is 18.2 Å². The monoisotopic (exact) mass is 455 g/mol. The summed E-state index contributed by atoms with van der Waals surface area (Å²) in [6.45, 7) is 0.270. The van der Waals surface area contributed by atoms with Crippen LogP contribution in [-0.4, -0.2) is 43.9 Å². The van der Waals surface area contributed by atoms with E-state index in [2.05, 4.69) is 15.5 Å². The average Bonchev–Trinajstić information content (AvgIpc) is 3.17. The minimum atomic E-state index is -0.718. The fourth-order valence-electron chi connectivity index (χ4n) is 3.00. The maximum Gasteiger partial charge on any atom is 0.270 e.